The molecule has 0 spiro atoms. The maximum Gasteiger partial charge on any atom is 0.201 e. The lowest BCUT2D eigenvalue weighted by atomic mass is 10.00. The monoisotopic (exact) mass is 312 g/mol. The van der Waals surface area contributed by atoms with E-state index in [9.17, 15) is 17.6 Å². The molecule has 0 saturated carbocycles. The van der Waals surface area contributed by atoms with Crippen molar-refractivity contribution in [3.63, 3.8) is 0 Å². The first-order valence-corrected chi connectivity index (χ1v) is 7.09. The molecule has 2 aromatic carbocycles. The predicted octanol–water partition coefficient (Wildman–Crippen LogP) is 5.26. The van der Waals surface area contributed by atoms with Crippen LogP contribution in [0.25, 0.3) is 11.1 Å². The van der Waals surface area contributed by atoms with Gasteiger partial charge in [-0.1, -0.05) is 25.5 Å². The first-order chi connectivity index (χ1) is 10.5. The van der Waals surface area contributed by atoms with Crippen molar-refractivity contribution in [3.8, 4) is 16.9 Å². The van der Waals surface area contributed by atoms with Gasteiger partial charge in [0.2, 0.25) is 5.82 Å². The second kappa shape index (κ2) is 6.81. The Morgan fingerprint density at radius 2 is 1.36 bits per heavy atom. The molecule has 0 heterocycles. The highest BCUT2D eigenvalue weighted by atomic mass is 19.2. The Hall–Kier alpha value is -2.04. The first kappa shape index (κ1) is 16.3. The summed E-state index contributed by atoms with van der Waals surface area (Å²) in [5, 5.41) is 0. The van der Waals surface area contributed by atoms with E-state index >= 15 is 0 Å². The van der Waals surface area contributed by atoms with Crippen molar-refractivity contribution < 1.29 is 22.3 Å². The van der Waals surface area contributed by atoms with E-state index in [4.69, 9.17) is 4.74 Å². The van der Waals surface area contributed by atoms with Crippen LogP contribution in [0, 0.1) is 23.3 Å². The number of hydrogen-bond acceptors (Lipinski definition) is 1. The van der Waals surface area contributed by atoms with E-state index in [0.29, 0.717) is 12.8 Å². The van der Waals surface area contributed by atoms with Crippen molar-refractivity contribution >= 4 is 0 Å². The van der Waals surface area contributed by atoms with Gasteiger partial charge in [-0.15, -0.1) is 0 Å². The average molecular weight is 312 g/mol. The fourth-order valence-electron chi connectivity index (χ4n) is 2.27. The van der Waals surface area contributed by atoms with Crippen LogP contribution in [0.15, 0.2) is 24.3 Å². The zero-order chi connectivity index (χ0) is 16.3. The van der Waals surface area contributed by atoms with Crippen molar-refractivity contribution in [1.29, 1.82) is 0 Å². The normalized spacial score (nSPS) is 10.8. The summed E-state index contributed by atoms with van der Waals surface area (Å²) >= 11 is 0. The van der Waals surface area contributed by atoms with Crippen LogP contribution in [0.5, 0.6) is 5.75 Å². The first-order valence-electron chi connectivity index (χ1n) is 7.09. The molecule has 0 aliphatic carbocycles. The predicted molar refractivity (Wildman–Crippen MR) is 76.9 cm³/mol. The Morgan fingerprint density at radius 1 is 0.773 bits per heavy atom. The highest BCUT2D eigenvalue weighted by Gasteiger charge is 2.20. The van der Waals surface area contributed by atoms with E-state index in [1.54, 1.807) is 6.92 Å². The van der Waals surface area contributed by atoms with Crippen LogP contribution in [0.3, 0.4) is 0 Å². The standard InChI is InChI=1S/C17H16F4O/c1-3-5-10-6-7-11(15(19)14(10)18)12-8-9-13(22-4-2)17(21)16(12)20/h6-9H,3-5H2,1-2H3. The molecular weight excluding hydrogens is 296 g/mol. The van der Waals surface area contributed by atoms with Gasteiger partial charge in [0.25, 0.3) is 0 Å². The van der Waals surface area contributed by atoms with E-state index < -0.39 is 23.3 Å². The number of hydrogen-bond donors (Lipinski definition) is 0. The van der Waals surface area contributed by atoms with Crippen molar-refractivity contribution in [3.05, 3.63) is 53.1 Å². The smallest absolute Gasteiger partial charge is 0.201 e. The summed E-state index contributed by atoms with van der Waals surface area (Å²) in [5.41, 5.74) is -0.423. The SMILES string of the molecule is CCCc1ccc(-c2ccc(OCC)c(F)c2F)c(F)c1F. The van der Waals surface area contributed by atoms with Crippen LogP contribution in [0.2, 0.25) is 0 Å². The molecule has 0 aromatic heterocycles. The average Bonchev–Trinajstić information content (AvgIpc) is 2.50. The van der Waals surface area contributed by atoms with Crippen LogP contribution in [-0.4, -0.2) is 6.61 Å². The number of halogens is 4. The largest absolute Gasteiger partial charge is 0.491 e. The number of rotatable bonds is 5. The lowest BCUT2D eigenvalue weighted by Crippen LogP contribution is -2.01. The minimum atomic E-state index is -1.26. The van der Waals surface area contributed by atoms with Crippen LogP contribution < -0.4 is 4.74 Å². The molecule has 0 radical (unpaired) electrons. The molecule has 0 N–H and O–H groups in total. The molecule has 1 nitrogen and oxygen atoms in total. The zero-order valence-electron chi connectivity index (χ0n) is 12.4. The molecule has 2 rings (SSSR count). The van der Waals surface area contributed by atoms with Crippen LogP contribution in [-0.2, 0) is 6.42 Å². The van der Waals surface area contributed by atoms with E-state index in [1.807, 2.05) is 6.92 Å². The molecule has 0 aliphatic rings. The number of aryl methyl sites for hydroxylation is 1. The Labute approximate surface area is 126 Å². The summed E-state index contributed by atoms with van der Waals surface area (Å²) in [4.78, 5) is 0. The lowest BCUT2D eigenvalue weighted by Gasteiger charge is -2.11. The molecule has 0 saturated heterocycles. The fraction of sp³-hybridized carbons (Fsp3) is 0.294. The van der Waals surface area contributed by atoms with Gasteiger partial charge in [-0.3, -0.25) is 0 Å². The van der Waals surface area contributed by atoms with Crippen LogP contribution in [0.1, 0.15) is 25.8 Å². The highest BCUT2D eigenvalue weighted by molar-refractivity contribution is 5.66. The summed E-state index contributed by atoms with van der Waals surface area (Å²) in [5.74, 6) is -4.92. The second-order valence-electron chi connectivity index (χ2n) is 4.82. The van der Waals surface area contributed by atoms with E-state index in [2.05, 4.69) is 0 Å². The van der Waals surface area contributed by atoms with Crippen molar-refractivity contribution in [2.45, 2.75) is 26.7 Å². The van der Waals surface area contributed by atoms with Gasteiger partial charge < -0.3 is 4.74 Å². The molecule has 0 aliphatic heterocycles. The molecule has 0 unspecified atom stereocenters. The van der Waals surface area contributed by atoms with Crippen LogP contribution in [0.4, 0.5) is 17.6 Å². The van der Waals surface area contributed by atoms with Crippen molar-refractivity contribution in [2.75, 3.05) is 6.61 Å². The zero-order valence-corrected chi connectivity index (χ0v) is 12.4. The van der Waals surface area contributed by atoms with E-state index in [-0.39, 0.29) is 29.0 Å². The lowest BCUT2D eigenvalue weighted by molar-refractivity contribution is 0.314. The molecule has 0 atom stereocenters. The van der Waals surface area contributed by atoms with Gasteiger partial charge in [-0.05, 0) is 31.0 Å². The summed E-state index contributed by atoms with van der Waals surface area (Å²) in [6, 6.07) is 5.04. The van der Waals surface area contributed by atoms with Gasteiger partial charge >= 0.3 is 0 Å². The van der Waals surface area contributed by atoms with E-state index in [1.165, 1.54) is 24.3 Å². The molecule has 0 fully saturated rings. The Morgan fingerprint density at radius 3 is 1.95 bits per heavy atom. The Balaban J connectivity index is 2.53. The Kier molecular flexibility index (Phi) is 5.06. The molecular formula is C17H16F4O. The van der Waals surface area contributed by atoms with Gasteiger partial charge in [-0.2, -0.15) is 4.39 Å². The third kappa shape index (κ3) is 2.93. The summed E-state index contributed by atoms with van der Waals surface area (Å²) in [7, 11) is 0. The number of ether oxygens (including phenoxy) is 1. The van der Waals surface area contributed by atoms with Gasteiger partial charge in [0.05, 0.1) is 6.61 Å². The minimum Gasteiger partial charge on any atom is -0.491 e. The highest BCUT2D eigenvalue weighted by Crippen LogP contribution is 2.33. The third-order valence-corrected chi connectivity index (χ3v) is 3.32. The third-order valence-electron chi connectivity index (χ3n) is 3.32. The fourth-order valence-corrected chi connectivity index (χ4v) is 2.27. The van der Waals surface area contributed by atoms with E-state index in [0.717, 1.165) is 0 Å². The molecule has 5 heteroatoms. The van der Waals surface area contributed by atoms with Gasteiger partial charge in [-0.25, -0.2) is 13.2 Å². The molecule has 0 bridgehead atoms. The van der Waals surface area contributed by atoms with Crippen molar-refractivity contribution in [2.24, 2.45) is 0 Å². The molecule has 22 heavy (non-hydrogen) atoms. The quantitative estimate of drug-likeness (QED) is 0.684. The second-order valence-corrected chi connectivity index (χ2v) is 4.82. The minimum absolute atomic E-state index is 0.171. The van der Waals surface area contributed by atoms with Crippen molar-refractivity contribution in [1.82, 2.24) is 0 Å². The summed E-state index contributed by atoms with van der Waals surface area (Å²) in [6.07, 6.45) is 1.03. The summed E-state index contributed by atoms with van der Waals surface area (Å²) in [6.45, 7) is 3.64. The van der Waals surface area contributed by atoms with Gasteiger partial charge in [0.1, 0.15) is 0 Å². The molecule has 118 valence electrons. The van der Waals surface area contributed by atoms with Gasteiger partial charge in [0, 0.05) is 11.1 Å². The Bertz CT molecular complexity index is 623. The van der Waals surface area contributed by atoms with Crippen LogP contribution >= 0.6 is 0 Å². The van der Waals surface area contributed by atoms with Gasteiger partial charge in [0.15, 0.2) is 23.2 Å². The maximum absolute atomic E-state index is 14.1. The summed E-state index contributed by atoms with van der Waals surface area (Å²) < 4.78 is 61.0. The number of benzene rings is 2. The molecule has 0 amide bonds. The topological polar surface area (TPSA) is 9.23 Å². The maximum atomic E-state index is 14.1. The molecule has 2 aromatic rings.